The lowest BCUT2D eigenvalue weighted by Crippen LogP contribution is -2.47. The maximum Gasteiger partial charge on any atom is 0.408 e. The van der Waals surface area contributed by atoms with Gasteiger partial charge < -0.3 is 15.4 Å². The summed E-state index contributed by atoms with van der Waals surface area (Å²) in [6, 6.07) is -0.641. The predicted octanol–water partition coefficient (Wildman–Crippen LogP) is 1.20. The van der Waals surface area contributed by atoms with Gasteiger partial charge in [0.05, 0.1) is 0 Å². The number of rotatable bonds is 4. The van der Waals surface area contributed by atoms with Gasteiger partial charge >= 0.3 is 6.09 Å². The molecule has 1 atom stereocenters. The Morgan fingerprint density at radius 1 is 1.44 bits per heavy atom. The second-order valence-corrected chi connectivity index (χ2v) is 4.34. The molecular formula is C11H20N2O3. The van der Waals surface area contributed by atoms with E-state index in [2.05, 4.69) is 17.2 Å². The van der Waals surface area contributed by atoms with Crippen molar-refractivity contribution in [2.24, 2.45) is 0 Å². The molecule has 0 aliphatic rings. The first-order valence-electron chi connectivity index (χ1n) is 5.12. The minimum atomic E-state index is -0.641. The van der Waals surface area contributed by atoms with Crippen LogP contribution in [0.15, 0.2) is 12.7 Å². The normalized spacial score (nSPS) is 12.5. The van der Waals surface area contributed by atoms with Crippen LogP contribution in [0.3, 0.4) is 0 Å². The zero-order valence-electron chi connectivity index (χ0n) is 10.3. The minimum Gasteiger partial charge on any atom is -0.444 e. The highest BCUT2D eigenvalue weighted by Gasteiger charge is 2.22. The Balaban J connectivity index is 4.34. The fourth-order valence-corrected chi connectivity index (χ4v) is 1.02. The van der Waals surface area contributed by atoms with Crippen molar-refractivity contribution in [3.05, 3.63) is 12.7 Å². The number of nitrogens with one attached hydrogen (secondary N) is 2. The van der Waals surface area contributed by atoms with Gasteiger partial charge in [-0.25, -0.2) is 4.79 Å². The molecule has 0 aliphatic carbocycles. The standard InChI is InChI=1S/C11H20N2O3/c1-6-7-8(9(14)12-5)13-10(15)16-11(2,3)4/h6,8H,1,7H2,2-5H3,(H,12,14)(H,13,15). The molecule has 0 bridgehead atoms. The fourth-order valence-electron chi connectivity index (χ4n) is 1.02. The first-order chi connectivity index (χ1) is 7.30. The summed E-state index contributed by atoms with van der Waals surface area (Å²) in [6.07, 6.45) is 1.32. The van der Waals surface area contributed by atoms with Crippen molar-refractivity contribution in [2.75, 3.05) is 7.05 Å². The Morgan fingerprint density at radius 3 is 2.38 bits per heavy atom. The first kappa shape index (κ1) is 14.5. The average molecular weight is 228 g/mol. The lowest BCUT2D eigenvalue weighted by molar-refractivity contribution is -0.122. The number of hydrogen-bond acceptors (Lipinski definition) is 3. The van der Waals surface area contributed by atoms with Crippen molar-refractivity contribution in [3.8, 4) is 0 Å². The topological polar surface area (TPSA) is 67.4 Å². The number of ether oxygens (including phenoxy) is 1. The zero-order chi connectivity index (χ0) is 12.8. The molecule has 0 saturated carbocycles. The van der Waals surface area contributed by atoms with Gasteiger partial charge in [0.1, 0.15) is 11.6 Å². The Hall–Kier alpha value is -1.52. The van der Waals surface area contributed by atoms with Crippen LogP contribution in [0.5, 0.6) is 0 Å². The van der Waals surface area contributed by atoms with E-state index in [1.807, 2.05) is 0 Å². The molecule has 1 unspecified atom stereocenters. The maximum atomic E-state index is 11.4. The summed E-state index contributed by atoms with van der Waals surface area (Å²) < 4.78 is 5.04. The van der Waals surface area contributed by atoms with Crippen LogP contribution in [0.4, 0.5) is 4.79 Å². The summed E-state index contributed by atoms with van der Waals surface area (Å²) in [5, 5.41) is 4.94. The van der Waals surface area contributed by atoms with Crippen molar-refractivity contribution >= 4 is 12.0 Å². The third-order valence-electron chi connectivity index (χ3n) is 1.66. The largest absolute Gasteiger partial charge is 0.444 e. The van der Waals surface area contributed by atoms with Gasteiger partial charge in [0.15, 0.2) is 0 Å². The second kappa shape index (κ2) is 6.15. The van der Waals surface area contributed by atoms with Gasteiger partial charge in [-0.05, 0) is 27.2 Å². The van der Waals surface area contributed by atoms with Crippen LogP contribution < -0.4 is 10.6 Å². The van der Waals surface area contributed by atoms with E-state index < -0.39 is 17.7 Å². The highest BCUT2D eigenvalue weighted by Crippen LogP contribution is 2.07. The number of likely N-dealkylation sites (N-methyl/N-ethyl adjacent to an activating group) is 1. The molecular weight excluding hydrogens is 208 g/mol. The van der Waals surface area contributed by atoms with Crippen LogP contribution in [0, 0.1) is 0 Å². The van der Waals surface area contributed by atoms with Gasteiger partial charge in [-0.2, -0.15) is 0 Å². The predicted molar refractivity (Wildman–Crippen MR) is 62.0 cm³/mol. The van der Waals surface area contributed by atoms with Crippen LogP contribution in [0.2, 0.25) is 0 Å². The van der Waals surface area contributed by atoms with E-state index in [-0.39, 0.29) is 5.91 Å². The van der Waals surface area contributed by atoms with Crippen LogP contribution in [0.1, 0.15) is 27.2 Å². The average Bonchev–Trinajstić information content (AvgIpc) is 2.13. The van der Waals surface area contributed by atoms with E-state index in [0.717, 1.165) is 0 Å². The van der Waals surface area contributed by atoms with E-state index in [1.54, 1.807) is 26.8 Å². The van der Waals surface area contributed by atoms with Crippen LogP contribution in [-0.2, 0) is 9.53 Å². The third kappa shape index (κ3) is 6.06. The molecule has 5 nitrogen and oxygen atoms in total. The molecule has 0 aromatic rings. The summed E-state index contributed by atoms with van der Waals surface area (Å²) >= 11 is 0. The Bertz CT molecular complexity index is 269. The van der Waals surface area contributed by atoms with Crippen LogP contribution >= 0.6 is 0 Å². The van der Waals surface area contributed by atoms with Crippen molar-refractivity contribution in [2.45, 2.75) is 38.8 Å². The van der Waals surface area contributed by atoms with Gasteiger partial charge in [0.25, 0.3) is 0 Å². The summed E-state index contributed by atoms with van der Waals surface area (Å²) in [6.45, 7) is 8.80. The minimum absolute atomic E-state index is 0.272. The molecule has 0 aromatic heterocycles. The van der Waals surface area contributed by atoms with E-state index in [0.29, 0.717) is 6.42 Å². The highest BCUT2D eigenvalue weighted by molar-refractivity contribution is 5.85. The molecule has 2 N–H and O–H groups in total. The Kier molecular flexibility index (Phi) is 5.56. The van der Waals surface area contributed by atoms with E-state index >= 15 is 0 Å². The molecule has 0 aliphatic heterocycles. The SMILES string of the molecule is C=CCC(NC(=O)OC(C)(C)C)C(=O)NC. The lowest BCUT2D eigenvalue weighted by atomic mass is 10.2. The van der Waals surface area contributed by atoms with Crippen molar-refractivity contribution in [1.82, 2.24) is 10.6 Å². The summed E-state index contributed by atoms with van der Waals surface area (Å²) in [4.78, 5) is 22.8. The van der Waals surface area contributed by atoms with Crippen molar-refractivity contribution in [3.63, 3.8) is 0 Å². The van der Waals surface area contributed by atoms with Crippen LogP contribution in [-0.4, -0.2) is 30.7 Å². The monoisotopic (exact) mass is 228 g/mol. The number of alkyl carbamates (subject to hydrolysis) is 1. The molecule has 5 heteroatoms. The van der Waals surface area contributed by atoms with E-state index in [1.165, 1.54) is 7.05 Å². The lowest BCUT2D eigenvalue weighted by Gasteiger charge is -2.22. The molecule has 0 heterocycles. The number of hydrogen-bond donors (Lipinski definition) is 2. The quantitative estimate of drug-likeness (QED) is 0.710. The number of carbonyl (C=O) groups excluding carboxylic acids is 2. The van der Waals surface area contributed by atoms with E-state index in [9.17, 15) is 9.59 Å². The van der Waals surface area contributed by atoms with Gasteiger partial charge in [0.2, 0.25) is 5.91 Å². The molecule has 0 fully saturated rings. The van der Waals surface area contributed by atoms with E-state index in [4.69, 9.17) is 4.74 Å². The Morgan fingerprint density at radius 2 is 2.00 bits per heavy atom. The van der Waals surface area contributed by atoms with Gasteiger partial charge in [0, 0.05) is 7.05 Å². The highest BCUT2D eigenvalue weighted by atomic mass is 16.6. The zero-order valence-corrected chi connectivity index (χ0v) is 10.3. The third-order valence-corrected chi connectivity index (χ3v) is 1.66. The molecule has 0 spiro atoms. The van der Waals surface area contributed by atoms with Crippen molar-refractivity contribution < 1.29 is 14.3 Å². The number of amides is 2. The second-order valence-electron chi connectivity index (χ2n) is 4.34. The van der Waals surface area contributed by atoms with Gasteiger partial charge in [-0.3, -0.25) is 4.79 Å². The smallest absolute Gasteiger partial charge is 0.408 e. The van der Waals surface area contributed by atoms with Gasteiger partial charge in [-0.1, -0.05) is 6.08 Å². The summed E-state index contributed by atoms with van der Waals surface area (Å²) in [5.41, 5.74) is -0.578. The Labute approximate surface area is 96.2 Å². The van der Waals surface area contributed by atoms with Gasteiger partial charge in [-0.15, -0.1) is 6.58 Å². The summed E-state index contributed by atoms with van der Waals surface area (Å²) in [7, 11) is 1.51. The molecule has 0 saturated heterocycles. The molecule has 0 rings (SSSR count). The number of carbonyl (C=O) groups is 2. The molecule has 92 valence electrons. The summed E-state index contributed by atoms with van der Waals surface area (Å²) in [5.74, 6) is -0.272. The first-order valence-corrected chi connectivity index (χ1v) is 5.12. The fraction of sp³-hybridized carbons (Fsp3) is 0.636. The molecule has 0 aromatic carbocycles. The molecule has 16 heavy (non-hydrogen) atoms. The molecule has 0 radical (unpaired) electrons. The van der Waals surface area contributed by atoms with Crippen LogP contribution in [0.25, 0.3) is 0 Å². The van der Waals surface area contributed by atoms with Crippen molar-refractivity contribution in [1.29, 1.82) is 0 Å². The molecule has 2 amide bonds. The maximum absolute atomic E-state index is 11.4.